The van der Waals surface area contributed by atoms with Gasteiger partial charge in [0.1, 0.15) is 0 Å². The first-order valence-electron chi connectivity index (χ1n) is 7.76. The predicted molar refractivity (Wildman–Crippen MR) is 95.3 cm³/mol. The van der Waals surface area contributed by atoms with Crippen molar-refractivity contribution in [3.8, 4) is 11.3 Å². The number of hydrogen-bond acceptors (Lipinski definition) is 7. The molecule has 2 aromatic heterocycles. The summed E-state index contributed by atoms with van der Waals surface area (Å²) in [5.41, 5.74) is 6.55. The van der Waals surface area contributed by atoms with Crippen LogP contribution in [0.15, 0.2) is 65.1 Å². The van der Waals surface area contributed by atoms with E-state index in [9.17, 15) is 0 Å². The number of nitrogens with zero attached hydrogens (tertiary/aromatic N) is 5. The van der Waals surface area contributed by atoms with Crippen LogP contribution in [0.1, 0.15) is 11.1 Å². The fourth-order valence-electron chi connectivity index (χ4n) is 2.29. The zero-order chi connectivity index (χ0) is 17.5. The Morgan fingerprint density at radius 2 is 1.92 bits per heavy atom. The van der Waals surface area contributed by atoms with E-state index in [2.05, 4.69) is 49.7 Å². The summed E-state index contributed by atoms with van der Waals surface area (Å²) in [6, 6.07) is 13.7. The van der Waals surface area contributed by atoms with Gasteiger partial charge < -0.3 is 0 Å². The smallest absolute Gasteiger partial charge is 0.249 e. The van der Waals surface area contributed by atoms with Crippen molar-refractivity contribution in [3.05, 3.63) is 66.0 Å². The van der Waals surface area contributed by atoms with Gasteiger partial charge in [-0.15, -0.1) is 5.11 Å². The minimum atomic E-state index is 0.321. The lowest BCUT2D eigenvalue weighted by atomic mass is 10.1. The summed E-state index contributed by atoms with van der Waals surface area (Å²) in [6.07, 6.45) is 3.42. The van der Waals surface area contributed by atoms with Crippen LogP contribution < -0.4 is 5.48 Å². The monoisotopic (exact) mass is 334 g/mol. The van der Waals surface area contributed by atoms with Crippen molar-refractivity contribution in [2.24, 2.45) is 10.2 Å². The third-order valence-corrected chi connectivity index (χ3v) is 3.39. The summed E-state index contributed by atoms with van der Waals surface area (Å²) >= 11 is 0. The Bertz CT molecular complexity index is 866. The van der Waals surface area contributed by atoms with Crippen LogP contribution in [0, 0.1) is 6.92 Å². The SMILES string of the molecule is CONc1nc(N=NCc2cccc(C)c2)cc(-c2ccncc2)n1. The van der Waals surface area contributed by atoms with Crippen LogP contribution in [0.5, 0.6) is 0 Å². The Morgan fingerprint density at radius 3 is 2.68 bits per heavy atom. The van der Waals surface area contributed by atoms with Crippen molar-refractivity contribution >= 4 is 11.8 Å². The zero-order valence-electron chi connectivity index (χ0n) is 14.0. The lowest BCUT2D eigenvalue weighted by molar-refractivity contribution is 0.267. The molecule has 0 unspecified atom stereocenters. The van der Waals surface area contributed by atoms with E-state index in [1.165, 1.54) is 12.7 Å². The maximum atomic E-state index is 4.90. The Kier molecular flexibility index (Phi) is 5.38. The summed E-state index contributed by atoms with van der Waals surface area (Å²) in [5.74, 6) is 0.773. The van der Waals surface area contributed by atoms with Gasteiger partial charge in [0.05, 0.1) is 19.3 Å². The van der Waals surface area contributed by atoms with E-state index in [1.807, 2.05) is 24.3 Å². The predicted octanol–water partition coefficient (Wildman–Crippen LogP) is 4.10. The molecule has 0 spiro atoms. The van der Waals surface area contributed by atoms with Crippen molar-refractivity contribution < 1.29 is 4.84 Å². The van der Waals surface area contributed by atoms with Gasteiger partial charge in [0.25, 0.3) is 0 Å². The molecular formula is C18H18N6O. The fraction of sp³-hybridized carbons (Fsp3) is 0.167. The molecule has 1 N–H and O–H groups in total. The van der Waals surface area contributed by atoms with Gasteiger partial charge in [0.15, 0.2) is 5.82 Å². The van der Waals surface area contributed by atoms with E-state index >= 15 is 0 Å². The van der Waals surface area contributed by atoms with Crippen LogP contribution in [0.25, 0.3) is 11.3 Å². The van der Waals surface area contributed by atoms with E-state index < -0.39 is 0 Å². The average Bonchev–Trinajstić information content (AvgIpc) is 2.63. The maximum absolute atomic E-state index is 4.90. The molecule has 0 bridgehead atoms. The number of benzene rings is 1. The van der Waals surface area contributed by atoms with Crippen molar-refractivity contribution in [1.29, 1.82) is 0 Å². The molecule has 0 radical (unpaired) electrons. The highest BCUT2D eigenvalue weighted by Crippen LogP contribution is 2.22. The summed E-state index contributed by atoms with van der Waals surface area (Å²) < 4.78 is 0. The second-order valence-electron chi connectivity index (χ2n) is 5.37. The molecule has 3 aromatic rings. The first kappa shape index (κ1) is 16.7. The summed E-state index contributed by atoms with van der Waals surface area (Å²) in [7, 11) is 1.50. The third kappa shape index (κ3) is 4.65. The van der Waals surface area contributed by atoms with Gasteiger partial charge in [0.2, 0.25) is 5.95 Å². The number of rotatable bonds is 6. The van der Waals surface area contributed by atoms with Gasteiger partial charge in [0, 0.05) is 24.0 Å². The van der Waals surface area contributed by atoms with E-state index in [1.54, 1.807) is 18.5 Å². The van der Waals surface area contributed by atoms with Crippen LogP contribution in [-0.4, -0.2) is 22.1 Å². The molecule has 1 aromatic carbocycles. The van der Waals surface area contributed by atoms with E-state index in [-0.39, 0.29) is 0 Å². The van der Waals surface area contributed by atoms with Crippen molar-refractivity contribution in [2.75, 3.05) is 12.6 Å². The molecule has 25 heavy (non-hydrogen) atoms. The van der Waals surface area contributed by atoms with Gasteiger partial charge in [-0.25, -0.2) is 10.5 Å². The Morgan fingerprint density at radius 1 is 1.08 bits per heavy atom. The molecular weight excluding hydrogens is 316 g/mol. The highest BCUT2D eigenvalue weighted by atomic mass is 16.6. The van der Waals surface area contributed by atoms with Crippen LogP contribution in [0.2, 0.25) is 0 Å². The Balaban J connectivity index is 1.84. The molecule has 7 nitrogen and oxygen atoms in total. The van der Waals surface area contributed by atoms with Gasteiger partial charge in [-0.2, -0.15) is 10.1 Å². The second-order valence-corrected chi connectivity index (χ2v) is 5.37. The maximum Gasteiger partial charge on any atom is 0.249 e. The second kappa shape index (κ2) is 8.07. The van der Waals surface area contributed by atoms with Crippen LogP contribution in [0.3, 0.4) is 0 Å². The zero-order valence-corrected chi connectivity index (χ0v) is 14.0. The van der Waals surface area contributed by atoms with Gasteiger partial charge in [-0.1, -0.05) is 29.8 Å². The molecule has 0 aliphatic rings. The standard InChI is InChI=1S/C18H18N6O/c1-13-4-3-5-14(10-13)12-20-23-17-11-16(15-6-8-19-9-7-15)21-18(22-17)24-25-2/h3-11H,12H2,1-2H3,(H,21,22,24). The quantitative estimate of drug-likeness (QED) is 0.542. The lowest BCUT2D eigenvalue weighted by Crippen LogP contribution is -2.02. The Labute approximate surface area is 145 Å². The molecule has 2 heterocycles. The Hall–Kier alpha value is -3.19. The van der Waals surface area contributed by atoms with Gasteiger partial charge in [-0.3, -0.25) is 9.82 Å². The average molecular weight is 334 g/mol. The minimum Gasteiger partial charge on any atom is -0.277 e. The van der Waals surface area contributed by atoms with Crippen molar-refractivity contribution in [3.63, 3.8) is 0 Å². The van der Waals surface area contributed by atoms with Gasteiger partial charge >= 0.3 is 0 Å². The highest BCUT2D eigenvalue weighted by molar-refractivity contribution is 5.62. The molecule has 0 saturated carbocycles. The molecule has 3 rings (SSSR count). The number of pyridine rings is 1. The van der Waals surface area contributed by atoms with E-state index in [0.29, 0.717) is 24.0 Å². The van der Waals surface area contributed by atoms with E-state index in [0.717, 1.165) is 11.1 Å². The van der Waals surface area contributed by atoms with Crippen molar-refractivity contribution in [1.82, 2.24) is 15.0 Å². The first-order chi connectivity index (χ1) is 12.2. The van der Waals surface area contributed by atoms with Gasteiger partial charge in [-0.05, 0) is 24.6 Å². The molecule has 126 valence electrons. The molecule has 7 heteroatoms. The summed E-state index contributed by atoms with van der Waals surface area (Å²) in [5, 5.41) is 8.47. The molecule has 0 aliphatic heterocycles. The summed E-state index contributed by atoms with van der Waals surface area (Å²) in [6.45, 7) is 2.54. The third-order valence-electron chi connectivity index (χ3n) is 3.39. The first-order valence-corrected chi connectivity index (χ1v) is 7.76. The number of aryl methyl sites for hydroxylation is 1. The molecule has 0 atom stereocenters. The summed E-state index contributed by atoms with van der Waals surface area (Å²) in [4.78, 5) is 17.6. The number of anilines is 1. The molecule has 0 saturated heterocycles. The molecule has 0 aliphatic carbocycles. The normalized spacial score (nSPS) is 11.0. The number of azo groups is 1. The topological polar surface area (TPSA) is 84.6 Å². The lowest BCUT2D eigenvalue weighted by Gasteiger charge is -2.06. The fourth-order valence-corrected chi connectivity index (χ4v) is 2.29. The number of hydrogen-bond donors (Lipinski definition) is 1. The van der Waals surface area contributed by atoms with Crippen LogP contribution in [-0.2, 0) is 11.4 Å². The van der Waals surface area contributed by atoms with Crippen LogP contribution >= 0.6 is 0 Å². The highest BCUT2D eigenvalue weighted by Gasteiger charge is 2.06. The largest absolute Gasteiger partial charge is 0.277 e. The number of aromatic nitrogens is 3. The molecule has 0 amide bonds. The van der Waals surface area contributed by atoms with Crippen molar-refractivity contribution in [2.45, 2.75) is 13.5 Å². The molecule has 0 fully saturated rings. The minimum absolute atomic E-state index is 0.321. The van der Waals surface area contributed by atoms with E-state index in [4.69, 9.17) is 4.84 Å². The number of nitrogens with one attached hydrogen (secondary N) is 1. The van der Waals surface area contributed by atoms with Crippen LogP contribution in [0.4, 0.5) is 11.8 Å².